The van der Waals surface area contributed by atoms with Gasteiger partial charge in [0, 0.05) is 25.4 Å². The molecule has 2 amide bonds. The number of nitrogens with zero attached hydrogens (tertiary/aromatic N) is 4. The number of carbonyl (C=O) groups excluding carboxylic acids is 2. The topological polar surface area (TPSA) is 72.2 Å². The first kappa shape index (κ1) is 18.2. The number of aromatic nitrogens is 3. The number of amides is 2. The molecule has 0 spiro atoms. The maximum atomic E-state index is 13.1. The quantitative estimate of drug-likeness (QED) is 0.825. The van der Waals surface area contributed by atoms with Gasteiger partial charge in [0.1, 0.15) is 6.04 Å². The molecule has 0 bridgehead atoms. The molecule has 0 saturated carbocycles. The highest BCUT2D eigenvalue weighted by Gasteiger charge is 2.28. The van der Waals surface area contributed by atoms with Crippen molar-refractivity contribution in [3.8, 4) is 0 Å². The maximum absolute atomic E-state index is 13.1. The molecule has 3 rings (SSSR count). The summed E-state index contributed by atoms with van der Waals surface area (Å²) in [4.78, 5) is 26.4. The number of carbonyl (C=O) groups is 2. The summed E-state index contributed by atoms with van der Waals surface area (Å²) in [7, 11) is 0. The third-order valence-electron chi connectivity index (χ3n) is 4.78. The Morgan fingerprint density at radius 1 is 1.23 bits per heavy atom. The van der Waals surface area contributed by atoms with Crippen molar-refractivity contribution in [1.82, 2.24) is 24.6 Å². The Labute approximate surface area is 154 Å². The zero-order valence-electron chi connectivity index (χ0n) is 15.5. The van der Waals surface area contributed by atoms with Gasteiger partial charge in [0.2, 0.25) is 11.8 Å². The molecule has 26 heavy (non-hydrogen) atoms. The monoisotopic (exact) mass is 357 g/mol. The van der Waals surface area contributed by atoms with Crippen LogP contribution in [0.25, 0.3) is 0 Å². The van der Waals surface area contributed by atoms with E-state index in [1.54, 1.807) is 0 Å². The van der Waals surface area contributed by atoms with Crippen LogP contribution in [0.3, 0.4) is 0 Å². The molecular formula is C19H27N5O2. The number of fused-ring (bicyclic) bond motifs is 1. The first-order chi connectivity index (χ1) is 12.6. The molecule has 3 heterocycles. The van der Waals surface area contributed by atoms with E-state index in [9.17, 15) is 9.59 Å². The molecule has 7 nitrogen and oxygen atoms in total. The lowest BCUT2D eigenvalue weighted by molar-refractivity contribution is -0.136. The molecular weight excluding hydrogens is 330 g/mol. The smallest absolute Gasteiger partial charge is 0.246 e. The minimum absolute atomic E-state index is 0.0157. The fourth-order valence-corrected chi connectivity index (χ4v) is 3.35. The third-order valence-corrected chi connectivity index (χ3v) is 4.78. The van der Waals surface area contributed by atoms with Gasteiger partial charge in [-0.3, -0.25) is 14.3 Å². The molecule has 2 aromatic heterocycles. The minimum atomic E-state index is -0.146. The SMILES string of the molecule is CCCC(C(=O)N1CCn2nc(CNC(=O)CC)cc2C1)n1cccc1. The first-order valence-electron chi connectivity index (χ1n) is 9.36. The second-order valence-electron chi connectivity index (χ2n) is 6.67. The maximum Gasteiger partial charge on any atom is 0.246 e. The van der Waals surface area contributed by atoms with Crippen LogP contribution in [0, 0.1) is 0 Å². The Morgan fingerprint density at radius 3 is 2.69 bits per heavy atom. The van der Waals surface area contributed by atoms with E-state index in [0.717, 1.165) is 24.2 Å². The van der Waals surface area contributed by atoms with Crippen molar-refractivity contribution < 1.29 is 9.59 Å². The van der Waals surface area contributed by atoms with Crippen molar-refractivity contribution in [2.75, 3.05) is 6.54 Å². The zero-order valence-corrected chi connectivity index (χ0v) is 15.5. The molecule has 0 saturated heterocycles. The van der Waals surface area contributed by atoms with Gasteiger partial charge < -0.3 is 14.8 Å². The van der Waals surface area contributed by atoms with E-state index in [2.05, 4.69) is 17.3 Å². The van der Waals surface area contributed by atoms with Crippen molar-refractivity contribution in [3.05, 3.63) is 42.0 Å². The van der Waals surface area contributed by atoms with Gasteiger partial charge in [-0.15, -0.1) is 0 Å². The highest BCUT2D eigenvalue weighted by molar-refractivity contribution is 5.80. The van der Waals surface area contributed by atoms with E-state index in [1.807, 2.05) is 51.7 Å². The molecule has 1 N–H and O–H groups in total. The van der Waals surface area contributed by atoms with E-state index >= 15 is 0 Å². The molecule has 7 heteroatoms. The van der Waals surface area contributed by atoms with Gasteiger partial charge in [0.05, 0.1) is 31.0 Å². The molecule has 0 radical (unpaired) electrons. The highest BCUT2D eigenvalue weighted by Crippen LogP contribution is 2.21. The van der Waals surface area contributed by atoms with E-state index in [4.69, 9.17) is 0 Å². The predicted octanol–water partition coefficient (Wildman–Crippen LogP) is 2.09. The van der Waals surface area contributed by atoms with Gasteiger partial charge in [0.15, 0.2) is 0 Å². The highest BCUT2D eigenvalue weighted by atomic mass is 16.2. The van der Waals surface area contributed by atoms with Crippen LogP contribution in [-0.4, -0.2) is 37.6 Å². The zero-order chi connectivity index (χ0) is 18.5. The molecule has 0 aromatic carbocycles. The molecule has 0 aliphatic carbocycles. The van der Waals surface area contributed by atoms with Crippen molar-refractivity contribution >= 4 is 11.8 Å². The van der Waals surface area contributed by atoms with Crippen LogP contribution < -0.4 is 5.32 Å². The van der Waals surface area contributed by atoms with Crippen LogP contribution in [0.4, 0.5) is 0 Å². The summed E-state index contributed by atoms with van der Waals surface area (Å²) < 4.78 is 3.95. The molecule has 1 aliphatic heterocycles. The van der Waals surface area contributed by atoms with Crippen LogP contribution in [0.5, 0.6) is 0 Å². The Morgan fingerprint density at radius 2 is 2.00 bits per heavy atom. The molecule has 1 unspecified atom stereocenters. The van der Waals surface area contributed by atoms with Crippen LogP contribution in [0.2, 0.25) is 0 Å². The summed E-state index contributed by atoms with van der Waals surface area (Å²) in [6.07, 6.45) is 6.18. The minimum Gasteiger partial charge on any atom is -0.350 e. The Kier molecular flexibility index (Phi) is 5.75. The second-order valence-corrected chi connectivity index (χ2v) is 6.67. The molecule has 1 atom stereocenters. The average Bonchev–Trinajstić information content (AvgIpc) is 3.32. The standard InChI is InChI=1S/C19H27N5O2/c1-3-7-17(22-8-5-6-9-22)19(26)23-10-11-24-16(14-23)12-15(21-24)13-20-18(25)4-2/h5-6,8-9,12,17H,3-4,7,10-11,13-14H2,1-2H3,(H,20,25). The van der Waals surface area contributed by atoms with E-state index in [0.29, 0.717) is 32.6 Å². The predicted molar refractivity (Wildman–Crippen MR) is 98.2 cm³/mol. The Hall–Kier alpha value is -2.57. The summed E-state index contributed by atoms with van der Waals surface area (Å²) >= 11 is 0. The molecule has 0 fully saturated rings. The normalized spacial score (nSPS) is 14.8. The molecule has 2 aromatic rings. The summed E-state index contributed by atoms with van der Waals surface area (Å²) in [5.74, 6) is 0.179. The van der Waals surface area contributed by atoms with Gasteiger partial charge in [-0.1, -0.05) is 20.3 Å². The lowest BCUT2D eigenvalue weighted by Crippen LogP contribution is -2.42. The average molecular weight is 357 g/mol. The van der Waals surface area contributed by atoms with Crippen LogP contribution in [-0.2, 0) is 29.2 Å². The summed E-state index contributed by atoms with van der Waals surface area (Å²) in [6, 6.07) is 5.75. The fraction of sp³-hybridized carbons (Fsp3) is 0.526. The Balaban J connectivity index is 1.68. The number of hydrogen-bond donors (Lipinski definition) is 1. The third kappa shape index (κ3) is 3.98. The summed E-state index contributed by atoms with van der Waals surface area (Å²) in [5.41, 5.74) is 1.86. The largest absolute Gasteiger partial charge is 0.350 e. The van der Waals surface area contributed by atoms with Gasteiger partial charge in [-0.25, -0.2) is 0 Å². The van der Waals surface area contributed by atoms with Gasteiger partial charge in [-0.2, -0.15) is 5.10 Å². The van der Waals surface area contributed by atoms with Gasteiger partial charge in [-0.05, 0) is 24.6 Å². The number of nitrogens with one attached hydrogen (secondary N) is 1. The van der Waals surface area contributed by atoms with E-state index in [-0.39, 0.29) is 17.9 Å². The second kappa shape index (κ2) is 8.21. The first-order valence-corrected chi connectivity index (χ1v) is 9.36. The van der Waals surface area contributed by atoms with Crippen molar-refractivity contribution in [2.24, 2.45) is 0 Å². The molecule has 140 valence electrons. The summed E-state index contributed by atoms with van der Waals surface area (Å²) in [6.45, 7) is 6.28. The fourth-order valence-electron chi connectivity index (χ4n) is 3.35. The van der Waals surface area contributed by atoms with Gasteiger partial charge in [0.25, 0.3) is 0 Å². The van der Waals surface area contributed by atoms with Crippen LogP contribution in [0.15, 0.2) is 30.6 Å². The van der Waals surface area contributed by atoms with Crippen molar-refractivity contribution in [2.45, 2.75) is 58.8 Å². The molecule has 1 aliphatic rings. The van der Waals surface area contributed by atoms with E-state index < -0.39 is 0 Å². The number of hydrogen-bond acceptors (Lipinski definition) is 3. The van der Waals surface area contributed by atoms with Crippen molar-refractivity contribution in [3.63, 3.8) is 0 Å². The van der Waals surface area contributed by atoms with Crippen LogP contribution in [0.1, 0.15) is 50.5 Å². The number of rotatable bonds is 7. The van der Waals surface area contributed by atoms with E-state index in [1.165, 1.54) is 0 Å². The van der Waals surface area contributed by atoms with Crippen LogP contribution >= 0.6 is 0 Å². The Bertz CT molecular complexity index is 750. The summed E-state index contributed by atoms with van der Waals surface area (Å²) in [5, 5.41) is 7.39. The lowest BCUT2D eigenvalue weighted by atomic mass is 10.1. The van der Waals surface area contributed by atoms with Crippen molar-refractivity contribution in [1.29, 1.82) is 0 Å². The lowest BCUT2D eigenvalue weighted by Gasteiger charge is -2.31. The van der Waals surface area contributed by atoms with Gasteiger partial charge >= 0.3 is 0 Å².